The largest absolute Gasteiger partial charge is 0.485 e. The van der Waals surface area contributed by atoms with Gasteiger partial charge in [0.15, 0.2) is 18.1 Å². The number of ether oxygens (including phenoxy) is 3. The topological polar surface area (TPSA) is 132 Å². The van der Waals surface area contributed by atoms with Crippen molar-refractivity contribution in [2.75, 3.05) is 19.8 Å². The number of rotatable bonds is 6. The molecule has 10 nitrogen and oxygen atoms in total. The number of hydrazine groups is 1. The van der Waals surface area contributed by atoms with Gasteiger partial charge in [-0.1, -0.05) is 30.3 Å². The lowest BCUT2D eigenvalue weighted by Gasteiger charge is -2.25. The molecule has 0 saturated carbocycles. The first-order valence-corrected chi connectivity index (χ1v) is 8.99. The SMILES string of the molecule is O=C(COC(=O)CNC(=O)c1ccccc1)NNC(=O)[C@H]1COc2ccccc2O1. The number of esters is 1. The van der Waals surface area contributed by atoms with E-state index in [1.807, 2.05) is 0 Å². The molecule has 2 aromatic carbocycles. The average Bonchev–Trinajstić information content (AvgIpc) is 2.79. The van der Waals surface area contributed by atoms with Crippen molar-refractivity contribution < 1.29 is 33.4 Å². The van der Waals surface area contributed by atoms with E-state index in [2.05, 4.69) is 16.2 Å². The van der Waals surface area contributed by atoms with Crippen LogP contribution in [0.15, 0.2) is 54.6 Å². The maximum atomic E-state index is 12.1. The summed E-state index contributed by atoms with van der Waals surface area (Å²) in [5.74, 6) is -1.69. The third kappa shape index (κ3) is 5.71. The Kier molecular flexibility index (Phi) is 6.83. The van der Waals surface area contributed by atoms with Gasteiger partial charge in [0, 0.05) is 5.56 Å². The molecular formula is C20H19N3O7. The zero-order chi connectivity index (χ0) is 21.3. The molecule has 0 bridgehead atoms. The highest BCUT2D eigenvalue weighted by Crippen LogP contribution is 2.30. The molecule has 156 valence electrons. The number of amides is 3. The van der Waals surface area contributed by atoms with Crippen LogP contribution in [0, 0.1) is 0 Å². The number of nitrogens with one attached hydrogen (secondary N) is 3. The molecule has 30 heavy (non-hydrogen) atoms. The molecule has 3 N–H and O–H groups in total. The summed E-state index contributed by atoms with van der Waals surface area (Å²) in [6, 6.07) is 15.2. The van der Waals surface area contributed by atoms with E-state index in [4.69, 9.17) is 14.2 Å². The second kappa shape index (κ2) is 9.92. The molecule has 3 rings (SSSR count). The van der Waals surface area contributed by atoms with E-state index >= 15 is 0 Å². The lowest BCUT2D eigenvalue weighted by atomic mass is 10.2. The molecule has 0 saturated heterocycles. The molecule has 0 spiro atoms. The molecule has 1 aliphatic rings. The molecular weight excluding hydrogens is 394 g/mol. The Balaban J connectivity index is 1.33. The van der Waals surface area contributed by atoms with Crippen LogP contribution in [0.4, 0.5) is 0 Å². The van der Waals surface area contributed by atoms with Crippen molar-refractivity contribution in [1.82, 2.24) is 16.2 Å². The first kappa shape index (κ1) is 20.6. The first-order valence-electron chi connectivity index (χ1n) is 8.99. The minimum absolute atomic E-state index is 0.0190. The van der Waals surface area contributed by atoms with Crippen LogP contribution in [0.5, 0.6) is 11.5 Å². The Morgan fingerprint density at radius 3 is 2.40 bits per heavy atom. The Bertz CT molecular complexity index is 933. The number of fused-ring (bicyclic) bond motifs is 1. The highest BCUT2D eigenvalue weighted by Gasteiger charge is 2.27. The summed E-state index contributed by atoms with van der Waals surface area (Å²) in [5, 5.41) is 2.38. The third-order valence-corrected chi connectivity index (χ3v) is 3.92. The van der Waals surface area contributed by atoms with Crippen LogP contribution in [0.2, 0.25) is 0 Å². The smallest absolute Gasteiger partial charge is 0.325 e. The number of carbonyl (C=O) groups excluding carboxylic acids is 4. The average molecular weight is 413 g/mol. The van der Waals surface area contributed by atoms with Gasteiger partial charge in [0.2, 0.25) is 6.10 Å². The quantitative estimate of drug-likeness (QED) is 0.447. The predicted molar refractivity (Wildman–Crippen MR) is 102 cm³/mol. The summed E-state index contributed by atoms with van der Waals surface area (Å²) < 4.78 is 15.7. The van der Waals surface area contributed by atoms with Crippen LogP contribution in [0.3, 0.4) is 0 Å². The molecule has 10 heteroatoms. The summed E-state index contributed by atoms with van der Waals surface area (Å²) >= 11 is 0. The summed E-state index contributed by atoms with van der Waals surface area (Å²) in [6.45, 7) is -1.06. The predicted octanol–water partition coefficient (Wildman–Crippen LogP) is -0.0530. The number of para-hydroxylation sites is 2. The van der Waals surface area contributed by atoms with Gasteiger partial charge >= 0.3 is 5.97 Å². The lowest BCUT2D eigenvalue weighted by Crippen LogP contribution is -2.51. The van der Waals surface area contributed by atoms with E-state index in [0.717, 1.165) is 0 Å². The number of benzene rings is 2. The fourth-order valence-corrected chi connectivity index (χ4v) is 2.44. The van der Waals surface area contributed by atoms with Crippen LogP contribution >= 0.6 is 0 Å². The van der Waals surface area contributed by atoms with Crippen molar-refractivity contribution in [3.8, 4) is 11.5 Å². The van der Waals surface area contributed by atoms with Gasteiger partial charge in [-0.3, -0.25) is 30.0 Å². The van der Waals surface area contributed by atoms with E-state index in [1.165, 1.54) is 0 Å². The van der Waals surface area contributed by atoms with Gasteiger partial charge < -0.3 is 19.5 Å². The normalized spacial score (nSPS) is 14.2. The highest BCUT2D eigenvalue weighted by molar-refractivity contribution is 5.96. The Morgan fingerprint density at radius 2 is 1.63 bits per heavy atom. The molecule has 0 unspecified atom stereocenters. The molecule has 1 aliphatic heterocycles. The summed E-state index contributed by atoms with van der Waals surface area (Å²) in [6.07, 6.45) is -0.948. The van der Waals surface area contributed by atoms with Gasteiger partial charge in [0.05, 0.1) is 0 Å². The Morgan fingerprint density at radius 1 is 0.933 bits per heavy atom. The monoisotopic (exact) mass is 413 g/mol. The number of carbonyl (C=O) groups is 4. The highest BCUT2D eigenvalue weighted by atomic mass is 16.6. The molecule has 0 aliphatic carbocycles. The van der Waals surface area contributed by atoms with E-state index in [9.17, 15) is 19.2 Å². The van der Waals surface area contributed by atoms with Crippen LogP contribution < -0.4 is 25.6 Å². The Hall–Kier alpha value is -4.08. The van der Waals surface area contributed by atoms with Crippen molar-refractivity contribution >= 4 is 23.7 Å². The van der Waals surface area contributed by atoms with Crippen LogP contribution in [-0.2, 0) is 19.1 Å². The van der Waals surface area contributed by atoms with Crippen LogP contribution in [0.25, 0.3) is 0 Å². The first-order chi connectivity index (χ1) is 14.5. The number of hydrogen-bond donors (Lipinski definition) is 3. The van der Waals surface area contributed by atoms with Gasteiger partial charge in [-0.25, -0.2) is 0 Å². The van der Waals surface area contributed by atoms with Crippen molar-refractivity contribution in [2.24, 2.45) is 0 Å². The van der Waals surface area contributed by atoms with Crippen LogP contribution in [0.1, 0.15) is 10.4 Å². The van der Waals surface area contributed by atoms with Gasteiger partial charge in [-0.05, 0) is 24.3 Å². The maximum Gasteiger partial charge on any atom is 0.325 e. The fraction of sp³-hybridized carbons (Fsp3) is 0.200. The fourth-order valence-electron chi connectivity index (χ4n) is 2.44. The van der Waals surface area contributed by atoms with Crippen LogP contribution in [-0.4, -0.2) is 49.6 Å². The zero-order valence-electron chi connectivity index (χ0n) is 15.8. The van der Waals surface area contributed by atoms with E-state index < -0.39 is 42.9 Å². The maximum absolute atomic E-state index is 12.1. The summed E-state index contributed by atoms with van der Waals surface area (Å²) in [5.41, 5.74) is 4.68. The summed E-state index contributed by atoms with van der Waals surface area (Å²) in [7, 11) is 0. The molecule has 1 atom stereocenters. The summed E-state index contributed by atoms with van der Waals surface area (Å²) in [4.78, 5) is 47.3. The van der Waals surface area contributed by atoms with E-state index in [0.29, 0.717) is 17.1 Å². The van der Waals surface area contributed by atoms with Gasteiger partial charge in [-0.2, -0.15) is 0 Å². The van der Waals surface area contributed by atoms with Gasteiger partial charge in [0.25, 0.3) is 17.7 Å². The standard InChI is InChI=1S/C20H19N3O7/c24-17(12-29-18(25)10-21-19(26)13-6-2-1-3-7-13)22-23-20(27)16-11-28-14-8-4-5-9-15(14)30-16/h1-9,16H,10-12H2,(H,21,26)(H,22,24)(H,23,27)/t16-/m1/s1. The molecule has 0 radical (unpaired) electrons. The minimum Gasteiger partial charge on any atom is -0.485 e. The second-order valence-electron chi connectivity index (χ2n) is 6.11. The van der Waals surface area contributed by atoms with E-state index in [-0.39, 0.29) is 6.61 Å². The minimum atomic E-state index is -0.948. The van der Waals surface area contributed by atoms with Gasteiger partial charge in [0.1, 0.15) is 13.2 Å². The van der Waals surface area contributed by atoms with Crippen molar-refractivity contribution in [3.05, 3.63) is 60.2 Å². The second-order valence-corrected chi connectivity index (χ2v) is 6.11. The lowest BCUT2D eigenvalue weighted by molar-refractivity contribution is -0.148. The van der Waals surface area contributed by atoms with Crippen molar-refractivity contribution in [2.45, 2.75) is 6.10 Å². The molecule has 1 heterocycles. The Labute approximate surface area is 171 Å². The van der Waals surface area contributed by atoms with Crippen molar-refractivity contribution in [1.29, 1.82) is 0 Å². The molecule has 3 amide bonds. The number of hydrogen-bond acceptors (Lipinski definition) is 7. The van der Waals surface area contributed by atoms with Gasteiger partial charge in [-0.15, -0.1) is 0 Å². The molecule has 2 aromatic rings. The molecule has 0 aromatic heterocycles. The van der Waals surface area contributed by atoms with Crippen molar-refractivity contribution in [3.63, 3.8) is 0 Å². The zero-order valence-corrected chi connectivity index (χ0v) is 15.8. The third-order valence-electron chi connectivity index (χ3n) is 3.92. The molecule has 0 fully saturated rings. The van der Waals surface area contributed by atoms with E-state index in [1.54, 1.807) is 54.6 Å².